The van der Waals surface area contributed by atoms with Gasteiger partial charge in [0, 0.05) is 18.8 Å². The van der Waals surface area contributed by atoms with E-state index in [0.717, 1.165) is 0 Å². The Morgan fingerprint density at radius 3 is 2.50 bits per heavy atom. The van der Waals surface area contributed by atoms with Crippen LogP contribution >= 0.6 is 0 Å². The first-order valence-corrected chi connectivity index (χ1v) is 8.80. The van der Waals surface area contributed by atoms with Gasteiger partial charge in [0.2, 0.25) is 0 Å². The first-order valence-electron chi connectivity index (χ1n) is 8.80. The van der Waals surface area contributed by atoms with Gasteiger partial charge >= 0.3 is 5.97 Å². The molecule has 1 aromatic carbocycles. The molecule has 0 unspecified atom stereocenters. The zero-order chi connectivity index (χ0) is 20.1. The number of ketones is 1. The number of ether oxygens (including phenoxy) is 2. The van der Waals surface area contributed by atoms with Crippen LogP contribution in [0.2, 0.25) is 0 Å². The number of hydrogen-bond acceptors (Lipinski definition) is 5. The SMILES string of the molecule is CCOc1ccc(NC(=O)COC(=O)c2cc(C(C)=O)n3ccccc23)cc1. The Morgan fingerprint density at radius 1 is 1.07 bits per heavy atom. The molecule has 0 fully saturated rings. The standard InChI is InChI=1S/C21H20N2O5/c1-3-27-16-9-7-15(8-10-16)22-20(25)13-28-21(26)17-12-19(14(2)24)23-11-5-4-6-18(17)23/h4-12H,3,13H2,1-2H3,(H,22,25). The number of carbonyl (C=O) groups excluding carboxylic acids is 3. The molecule has 7 heteroatoms. The average Bonchev–Trinajstić information content (AvgIpc) is 3.08. The third-order valence-electron chi connectivity index (χ3n) is 4.04. The minimum Gasteiger partial charge on any atom is -0.494 e. The molecule has 0 saturated carbocycles. The van der Waals surface area contributed by atoms with Gasteiger partial charge in [0.05, 0.1) is 23.4 Å². The quantitative estimate of drug-likeness (QED) is 0.502. The van der Waals surface area contributed by atoms with Crippen LogP contribution in [0.4, 0.5) is 5.69 Å². The molecular formula is C21H20N2O5. The van der Waals surface area contributed by atoms with Crippen molar-refractivity contribution in [2.75, 3.05) is 18.5 Å². The van der Waals surface area contributed by atoms with Gasteiger partial charge in [-0.2, -0.15) is 0 Å². The molecule has 0 saturated heterocycles. The van der Waals surface area contributed by atoms with E-state index < -0.39 is 18.5 Å². The molecule has 2 heterocycles. The highest BCUT2D eigenvalue weighted by Crippen LogP contribution is 2.19. The van der Waals surface area contributed by atoms with Crippen LogP contribution in [0.25, 0.3) is 5.52 Å². The Bertz CT molecular complexity index is 1020. The lowest BCUT2D eigenvalue weighted by Gasteiger charge is -2.08. The smallest absolute Gasteiger partial charge is 0.340 e. The van der Waals surface area contributed by atoms with Crippen molar-refractivity contribution >= 4 is 28.9 Å². The summed E-state index contributed by atoms with van der Waals surface area (Å²) in [5.74, 6) is -0.604. The lowest BCUT2D eigenvalue weighted by molar-refractivity contribution is -0.119. The lowest BCUT2D eigenvalue weighted by Crippen LogP contribution is -2.20. The van der Waals surface area contributed by atoms with Gasteiger partial charge < -0.3 is 19.2 Å². The summed E-state index contributed by atoms with van der Waals surface area (Å²) in [7, 11) is 0. The molecule has 1 amide bonds. The van der Waals surface area contributed by atoms with Crippen molar-refractivity contribution in [3.05, 3.63) is 66.0 Å². The van der Waals surface area contributed by atoms with Crippen LogP contribution in [0.15, 0.2) is 54.7 Å². The van der Waals surface area contributed by atoms with Crippen LogP contribution in [0, 0.1) is 0 Å². The maximum Gasteiger partial charge on any atom is 0.340 e. The summed E-state index contributed by atoms with van der Waals surface area (Å²) in [6.45, 7) is 3.43. The zero-order valence-corrected chi connectivity index (χ0v) is 15.6. The fourth-order valence-electron chi connectivity index (χ4n) is 2.79. The van der Waals surface area contributed by atoms with Gasteiger partial charge in [-0.05, 0) is 49.4 Å². The van der Waals surface area contributed by atoms with Crippen LogP contribution in [-0.2, 0) is 9.53 Å². The van der Waals surface area contributed by atoms with Gasteiger partial charge in [-0.15, -0.1) is 0 Å². The summed E-state index contributed by atoms with van der Waals surface area (Å²) < 4.78 is 12.1. The topological polar surface area (TPSA) is 86.1 Å². The minimum absolute atomic E-state index is 0.173. The number of nitrogens with one attached hydrogen (secondary N) is 1. The molecule has 2 aromatic heterocycles. The van der Waals surface area contributed by atoms with Gasteiger partial charge in [0.15, 0.2) is 12.4 Å². The molecule has 7 nitrogen and oxygen atoms in total. The van der Waals surface area contributed by atoms with Gasteiger partial charge in [-0.25, -0.2) is 4.79 Å². The van der Waals surface area contributed by atoms with Crippen molar-refractivity contribution < 1.29 is 23.9 Å². The van der Waals surface area contributed by atoms with E-state index in [9.17, 15) is 14.4 Å². The molecular weight excluding hydrogens is 360 g/mol. The molecule has 3 rings (SSSR count). The first kappa shape index (κ1) is 19.2. The summed E-state index contributed by atoms with van der Waals surface area (Å²) in [6, 6.07) is 13.6. The van der Waals surface area contributed by atoms with E-state index in [-0.39, 0.29) is 11.3 Å². The lowest BCUT2D eigenvalue weighted by atomic mass is 10.2. The molecule has 0 spiro atoms. The van der Waals surface area contributed by atoms with Crippen molar-refractivity contribution in [3.63, 3.8) is 0 Å². The van der Waals surface area contributed by atoms with Crippen LogP contribution < -0.4 is 10.1 Å². The Balaban J connectivity index is 1.64. The summed E-state index contributed by atoms with van der Waals surface area (Å²) in [6.07, 6.45) is 1.70. The molecule has 1 N–H and O–H groups in total. The number of nitrogens with zero attached hydrogens (tertiary/aromatic N) is 1. The highest BCUT2D eigenvalue weighted by Gasteiger charge is 2.19. The number of benzene rings is 1. The maximum absolute atomic E-state index is 12.4. The predicted octanol–water partition coefficient (Wildman–Crippen LogP) is 3.34. The van der Waals surface area contributed by atoms with Gasteiger partial charge in [0.1, 0.15) is 5.75 Å². The highest BCUT2D eigenvalue weighted by molar-refractivity contribution is 6.04. The normalized spacial score (nSPS) is 10.5. The second-order valence-electron chi connectivity index (χ2n) is 6.04. The largest absolute Gasteiger partial charge is 0.494 e. The average molecular weight is 380 g/mol. The summed E-state index contributed by atoms with van der Waals surface area (Å²) >= 11 is 0. The maximum atomic E-state index is 12.4. The highest BCUT2D eigenvalue weighted by atomic mass is 16.5. The Kier molecular flexibility index (Phi) is 5.74. The monoisotopic (exact) mass is 380 g/mol. The van der Waals surface area contributed by atoms with Gasteiger partial charge in [-0.3, -0.25) is 9.59 Å². The second kappa shape index (κ2) is 8.39. The summed E-state index contributed by atoms with van der Waals surface area (Å²) in [5, 5.41) is 2.65. The number of Topliss-reactive ketones (excluding diaryl/α,β-unsaturated/α-hetero) is 1. The Hall–Kier alpha value is -3.61. The third kappa shape index (κ3) is 4.20. The van der Waals surface area contributed by atoms with Crippen molar-refractivity contribution in [1.29, 1.82) is 0 Å². The minimum atomic E-state index is -0.668. The summed E-state index contributed by atoms with van der Waals surface area (Å²) in [4.78, 5) is 36.3. The van der Waals surface area contributed by atoms with Crippen molar-refractivity contribution in [3.8, 4) is 5.75 Å². The van der Waals surface area contributed by atoms with Crippen LogP contribution in [-0.4, -0.2) is 35.3 Å². The van der Waals surface area contributed by atoms with Crippen molar-refractivity contribution in [2.45, 2.75) is 13.8 Å². The van der Waals surface area contributed by atoms with E-state index >= 15 is 0 Å². The van der Waals surface area contributed by atoms with E-state index in [4.69, 9.17) is 9.47 Å². The Labute approximate surface area is 161 Å². The third-order valence-corrected chi connectivity index (χ3v) is 4.04. The number of fused-ring (bicyclic) bond motifs is 1. The van der Waals surface area contributed by atoms with E-state index in [1.165, 1.54) is 13.0 Å². The number of esters is 1. The van der Waals surface area contributed by atoms with E-state index in [0.29, 0.717) is 29.3 Å². The number of aromatic nitrogens is 1. The first-order chi connectivity index (χ1) is 13.5. The fraction of sp³-hybridized carbons (Fsp3) is 0.190. The molecule has 28 heavy (non-hydrogen) atoms. The van der Waals surface area contributed by atoms with Gasteiger partial charge in [-0.1, -0.05) is 6.07 Å². The second-order valence-corrected chi connectivity index (χ2v) is 6.04. The van der Waals surface area contributed by atoms with Gasteiger partial charge in [0.25, 0.3) is 5.91 Å². The number of carbonyl (C=O) groups is 3. The number of hydrogen-bond donors (Lipinski definition) is 1. The molecule has 0 atom stereocenters. The molecule has 0 aliphatic heterocycles. The molecule has 3 aromatic rings. The van der Waals surface area contributed by atoms with Crippen LogP contribution in [0.3, 0.4) is 0 Å². The number of pyridine rings is 1. The zero-order valence-electron chi connectivity index (χ0n) is 15.6. The molecule has 0 aliphatic rings. The van der Waals surface area contributed by atoms with Crippen molar-refractivity contribution in [2.24, 2.45) is 0 Å². The molecule has 0 radical (unpaired) electrons. The van der Waals surface area contributed by atoms with E-state index in [1.54, 1.807) is 53.1 Å². The van der Waals surface area contributed by atoms with E-state index in [1.807, 2.05) is 6.92 Å². The predicted molar refractivity (Wildman–Crippen MR) is 104 cm³/mol. The van der Waals surface area contributed by atoms with Crippen LogP contribution in [0.1, 0.15) is 34.7 Å². The van der Waals surface area contributed by atoms with E-state index in [2.05, 4.69) is 5.32 Å². The number of rotatable bonds is 7. The summed E-state index contributed by atoms with van der Waals surface area (Å²) in [5.41, 5.74) is 1.73. The van der Waals surface area contributed by atoms with Crippen LogP contribution in [0.5, 0.6) is 5.75 Å². The molecule has 0 aliphatic carbocycles. The van der Waals surface area contributed by atoms with Crippen molar-refractivity contribution in [1.82, 2.24) is 4.40 Å². The number of anilines is 1. The fourth-order valence-corrected chi connectivity index (χ4v) is 2.79. The molecule has 144 valence electrons. The Morgan fingerprint density at radius 2 is 1.82 bits per heavy atom. The number of amides is 1. The molecule has 0 bridgehead atoms.